The van der Waals surface area contributed by atoms with Crippen LogP contribution in [0.5, 0.6) is 0 Å². The van der Waals surface area contributed by atoms with Crippen molar-refractivity contribution in [3.05, 3.63) is 0 Å². The molecule has 8 atom stereocenters. The summed E-state index contributed by atoms with van der Waals surface area (Å²) in [5, 5.41) is 0.767. The zero-order valence-electron chi connectivity index (χ0n) is 47.2. The molecule has 69 heavy (non-hydrogen) atoms. The molecule has 6 unspecified atom stereocenters. The normalized spacial score (nSPS) is 17.4. The average molecular weight is 1020 g/mol. The van der Waals surface area contributed by atoms with E-state index in [0.717, 1.165) is 79.7 Å². The monoisotopic (exact) mass is 1020 g/mol. The van der Waals surface area contributed by atoms with Gasteiger partial charge in [-0.15, -0.1) is 0 Å². The fourth-order valence-corrected chi connectivity index (χ4v) is 12.3. The van der Waals surface area contributed by atoms with E-state index in [1.165, 1.54) is 134 Å². The molecule has 412 valence electrons. The van der Waals surface area contributed by atoms with Crippen molar-refractivity contribution in [1.82, 2.24) is 0 Å². The minimum absolute atomic E-state index is 0.0734. The van der Waals surface area contributed by atoms with Crippen LogP contribution in [0.4, 0.5) is 0 Å². The molecule has 0 bridgehead atoms. The lowest BCUT2D eigenvalue weighted by atomic mass is 9.91. The highest BCUT2D eigenvalue weighted by Crippen LogP contribution is 2.40. The quantitative estimate of drug-likeness (QED) is 0.0334. The van der Waals surface area contributed by atoms with Crippen LogP contribution >= 0.6 is 21.6 Å². The second kappa shape index (κ2) is 47.6. The molecular formula is C59H116O8S2. The van der Waals surface area contributed by atoms with E-state index in [4.69, 9.17) is 33.2 Å². The Kier molecular flexibility index (Phi) is 46.2. The molecule has 0 radical (unpaired) electrons. The number of unbranched alkanes of at least 4 members (excludes halogenated alkanes) is 1. The minimum Gasteiger partial charge on any atom is -0.463 e. The van der Waals surface area contributed by atoms with Gasteiger partial charge in [-0.25, -0.2) is 0 Å². The maximum Gasteiger partial charge on any atom is 0.305 e. The minimum atomic E-state index is -0.125. The molecule has 0 aromatic rings. The summed E-state index contributed by atoms with van der Waals surface area (Å²) in [5.41, 5.74) is 0. The van der Waals surface area contributed by atoms with Crippen LogP contribution in [0, 0.1) is 47.3 Å². The van der Waals surface area contributed by atoms with Gasteiger partial charge in [0.2, 0.25) is 0 Å². The smallest absolute Gasteiger partial charge is 0.305 e. The van der Waals surface area contributed by atoms with Crippen molar-refractivity contribution in [2.75, 3.05) is 85.0 Å². The maximum absolute atomic E-state index is 12.0. The first-order valence-corrected chi connectivity index (χ1v) is 31.7. The highest BCUT2D eigenvalue weighted by atomic mass is 33.1. The van der Waals surface area contributed by atoms with Crippen LogP contribution in [0.3, 0.4) is 0 Å². The Balaban J connectivity index is 2.26. The second-order valence-electron chi connectivity index (χ2n) is 22.9. The molecule has 1 heterocycles. The number of hydrogen-bond acceptors (Lipinski definition) is 10. The predicted octanol–water partition coefficient (Wildman–Crippen LogP) is 16.6. The molecule has 0 saturated carbocycles. The Morgan fingerprint density at radius 2 is 0.797 bits per heavy atom. The van der Waals surface area contributed by atoms with Crippen LogP contribution in [0.15, 0.2) is 0 Å². The molecule has 1 rings (SSSR count). The largest absolute Gasteiger partial charge is 0.463 e. The summed E-state index contributed by atoms with van der Waals surface area (Å²) in [6.07, 6.45) is 31.6. The van der Waals surface area contributed by atoms with Crippen molar-refractivity contribution in [2.45, 2.75) is 241 Å². The van der Waals surface area contributed by atoms with Gasteiger partial charge >= 0.3 is 5.97 Å². The molecular weight excluding hydrogens is 901 g/mol. The van der Waals surface area contributed by atoms with Gasteiger partial charge in [0.05, 0.1) is 59.5 Å². The van der Waals surface area contributed by atoms with Crippen molar-refractivity contribution >= 4 is 27.6 Å². The van der Waals surface area contributed by atoms with Crippen LogP contribution in [-0.4, -0.2) is 102 Å². The van der Waals surface area contributed by atoms with Gasteiger partial charge in [0.15, 0.2) is 0 Å². The zero-order chi connectivity index (χ0) is 50.6. The summed E-state index contributed by atoms with van der Waals surface area (Å²) < 4.78 is 41.0. The fraction of sp³-hybridized carbons (Fsp3) is 0.983. The van der Waals surface area contributed by atoms with Gasteiger partial charge in [0, 0.05) is 30.6 Å². The first-order valence-electron chi connectivity index (χ1n) is 29.3. The Hall–Kier alpha value is -0.0700. The topological polar surface area (TPSA) is 81.7 Å². The predicted molar refractivity (Wildman–Crippen MR) is 299 cm³/mol. The van der Waals surface area contributed by atoms with Crippen molar-refractivity contribution < 1.29 is 38.0 Å². The molecule has 0 aromatic heterocycles. The van der Waals surface area contributed by atoms with E-state index in [1.54, 1.807) is 0 Å². The molecule has 0 aromatic carbocycles. The van der Waals surface area contributed by atoms with Gasteiger partial charge in [0.25, 0.3) is 0 Å². The molecule has 8 nitrogen and oxygen atoms in total. The summed E-state index contributed by atoms with van der Waals surface area (Å²) in [6, 6.07) is 0. The molecule has 1 fully saturated rings. The average Bonchev–Trinajstić information content (AvgIpc) is 3.82. The molecule has 1 aliphatic heterocycles. The third-order valence-corrected chi connectivity index (χ3v) is 17.4. The van der Waals surface area contributed by atoms with Gasteiger partial charge < -0.3 is 33.2 Å². The second-order valence-corrected chi connectivity index (χ2v) is 25.6. The Bertz CT molecular complexity index is 1090. The van der Waals surface area contributed by atoms with E-state index in [-0.39, 0.29) is 12.1 Å². The van der Waals surface area contributed by atoms with E-state index in [9.17, 15) is 4.79 Å². The van der Waals surface area contributed by atoms with Crippen molar-refractivity contribution in [1.29, 1.82) is 0 Å². The summed E-state index contributed by atoms with van der Waals surface area (Å²) in [4.78, 5) is 12.0. The van der Waals surface area contributed by atoms with Gasteiger partial charge in [-0.2, -0.15) is 0 Å². The highest BCUT2D eigenvalue weighted by Gasteiger charge is 2.17. The highest BCUT2D eigenvalue weighted by molar-refractivity contribution is 8.77. The number of hydrogen-bond donors (Lipinski definition) is 0. The first-order chi connectivity index (χ1) is 33.3. The standard InChI is InChI=1S/C59H116O8S2/c1-49(2)19-13-21-51(5)23-15-25-53(7)27-17-29-55(9)33-36-64-47-57(66-37-34-56(10)30-18-28-54(8)26-16-24-52(6)22-14-20-50(3)4)48-65-43-42-62-39-38-61-40-41-63-44-45-67-59(60)32-12-11-31-58-35-46-68-69-58/h49-58H,11-48H2,1-10H3/t51?,52?,53?,54?,55?,56?,57-,58+/m0/s1. The van der Waals surface area contributed by atoms with E-state index < -0.39 is 0 Å². The fourth-order valence-electron chi connectivity index (χ4n) is 9.32. The lowest BCUT2D eigenvalue weighted by Crippen LogP contribution is -2.28. The first kappa shape index (κ1) is 66.9. The SMILES string of the molecule is CC(C)CCCC(C)CCCC(C)CCCC(C)CCOC[C@@H](COCCOCCOCCOCCOC(=O)CCCC[C@@H]1CCSS1)OCCC(C)CCCC(C)CCCC(C)CCCC(C)C. The van der Waals surface area contributed by atoms with E-state index in [1.807, 2.05) is 21.6 Å². The Morgan fingerprint density at radius 3 is 1.22 bits per heavy atom. The van der Waals surface area contributed by atoms with Gasteiger partial charge in [0.1, 0.15) is 12.7 Å². The number of esters is 1. The molecule has 0 aliphatic carbocycles. The lowest BCUT2D eigenvalue weighted by molar-refractivity contribution is -0.145. The summed E-state index contributed by atoms with van der Waals surface area (Å²) in [5.74, 6) is 7.54. The van der Waals surface area contributed by atoms with Gasteiger partial charge in [-0.05, 0) is 79.4 Å². The third-order valence-electron chi connectivity index (χ3n) is 14.3. The van der Waals surface area contributed by atoms with Gasteiger partial charge in [-0.1, -0.05) is 213 Å². The third kappa shape index (κ3) is 46.2. The lowest BCUT2D eigenvalue weighted by Gasteiger charge is -2.21. The van der Waals surface area contributed by atoms with Crippen molar-refractivity contribution in [2.24, 2.45) is 47.3 Å². The van der Waals surface area contributed by atoms with E-state index in [2.05, 4.69) is 69.2 Å². The molecule has 0 N–H and O–H groups in total. The summed E-state index contributed by atoms with van der Waals surface area (Å²) in [7, 11) is 3.97. The Labute approximate surface area is 437 Å². The van der Waals surface area contributed by atoms with E-state index in [0.29, 0.717) is 84.3 Å². The molecule has 0 amide bonds. The summed E-state index contributed by atoms with van der Waals surface area (Å²) >= 11 is 0. The Morgan fingerprint density at radius 1 is 0.420 bits per heavy atom. The van der Waals surface area contributed by atoms with Crippen molar-refractivity contribution in [3.8, 4) is 0 Å². The number of rotatable bonds is 52. The number of carbonyl (C=O) groups excluding carboxylic acids is 1. The van der Waals surface area contributed by atoms with Crippen LogP contribution in [-0.2, 0) is 38.0 Å². The maximum atomic E-state index is 12.0. The molecule has 1 saturated heterocycles. The van der Waals surface area contributed by atoms with Crippen LogP contribution in [0.1, 0.15) is 230 Å². The van der Waals surface area contributed by atoms with Gasteiger partial charge in [-0.3, -0.25) is 4.79 Å². The van der Waals surface area contributed by atoms with Crippen LogP contribution in [0.2, 0.25) is 0 Å². The number of carbonyl (C=O) groups is 1. The zero-order valence-corrected chi connectivity index (χ0v) is 48.9. The van der Waals surface area contributed by atoms with Crippen LogP contribution < -0.4 is 0 Å². The number of ether oxygens (including phenoxy) is 7. The summed E-state index contributed by atoms with van der Waals surface area (Å²) in [6.45, 7) is 30.2. The van der Waals surface area contributed by atoms with Crippen molar-refractivity contribution in [3.63, 3.8) is 0 Å². The van der Waals surface area contributed by atoms with E-state index >= 15 is 0 Å². The van der Waals surface area contributed by atoms with Crippen LogP contribution in [0.25, 0.3) is 0 Å². The molecule has 0 spiro atoms. The molecule has 10 heteroatoms. The molecule has 1 aliphatic rings.